The van der Waals surface area contributed by atoms with Crippen LogP contribution in [0, 0.1) is 0 Å². The molecule has 1 aromatic carbocycles. The molecule has 4 nitrogen and oxygen atoms in total. The summed E-state index contributed by atoms with van der Waals surface area (Å²) in [5.41, 5.74) is 7.10. The minimum absolute atomic E-state index is 0.166. The van der Waals surface area contributed by atoms with Crippen molar-refractivity contribution in [1.29, 1.82) is 0 Å². The Kier molecular flexibility index (Phi) is 4.33. The highest BCUT2D eigenvalue weighted by Gasteiger charge is 2.21. The lowest BCUT2D eigenvalue weighted by atomic mass is 10.0. The average Bonchev–Trinajstić information content (AvgIpc) is 2.40. The van der Waals surface area contributed by atoms with Crippen molar-refractivity contribution >= 4 is 5.91 Å². The molecule has 1 amide bonds. The molecule has 1 aliphatic rings. The third kappa shape index (κ3) is 3.31. The van der Waals surface area contributed by atoms with E-state index in [0.29, 0.717) is 6.42 Å². The Balaban J connectivity index is 1.87. The Morgan fingerprint density at radius 2 is 1.83 bits per heavy atom. The number of rotatable bonds is 3. The fourth-order valence-electron chi connectivity index (χ4n) is 2.19. The van der Waals surface area contributed by atoms with Crippen LogP contribution >= 0.6 is 0 Å². The summed E-state index contributed by atoms with van der Waals surface area (Å²) < 4.78 is 0. The molecule has 1 heterocycles. The summed E-state index contributed by atoms with van der Waals surface area (Å²) >= 11 is 0. The monoisotopic (exact) mass is 247 g/mol. The predicted molar refractivity (Wildman–Crippen MR) is 72.1 cm³/mol. The highest BCUT2D eigenvalue weighted by Crippen LogP contribution is 2.15. The van der Waals surface area contributed by atoms with E-state index in [-0.39, 0.29) is 11.9 Å². The molecule has 2 rings (SSSR count). The number of likely N-dealkylation sites (N-methyl/N-ethyl adjacent to an activating group) is 1. The van der Waals surface area contributed by atoms with Crippen molar-refractivity contribution in [3.8, 4) is 0 Å². The topological polar surface area (TPSA) is 49.6 Å². The molecule has 0 aromatic heterocycles. The van der Waals surface area contributed by atoms with E-state index < -0.39 is 0 Å². The van der Waals surface area contributed by atoms with E-state index in [1.807, 2.05) is 35.2 Å². The molecule has 0 aliphatic carbocycles. The van der Waals surface area contributed by atoms with E-state index in [1.165, 1.54) is 0 Å². The minimum atomic E-state index is -0.196. The molecule has 2 N–H and O–H groups in total. The van der Waals surface area contributed by atoms with Gasteiger partial charge in [0.15, 0.2) is 0 Å². The minimum Gasteiger partial charge on any atom is -0.340 e. The molecule has 98 valence electrons. The van der Waals surface area contributed by atoms with Gasteiger partial charge in [0.25, 0.3) is 0 Å². The van der Waals surface area contributed by atoms with Gasteiger partial charge in [0, 0.05) is 38.6 Å². The van der Waals surface area contributed by atoms with Gasteiger partial charge in [0.2, 0.25) is 5.91 Å². The van der Waals surface area contributed by atoms with Crippen molar-refractivity contribution in [2.75, 3.05) is 33.2 Å². The van der Waals surface area contributed by atoms with Gasteiger partial charge in [-0.25, -0.2) is 0 Å². The molecule has 0 saturated carbocycles. The summed E-state index contributed by atoms with van der Waals surface area (Å²) in [6, 6.07) is 9.62. The maximum atomic E-state index is 12.1. The maximum Gasteiger partial charge on any atom is 0.224 e. The summed E-state index contributed by atoms with van der Waals surface area (Å²) in [6.07, 6.45) is 0.397. The Bertz CT molecular complexity index is 385. The lowest BCUT2D eigenvalue weighted by Crippen LogP contribution is -2.47. The van der Waals surface area contributed by atoms with E-state index >= 15 is 0 Å². The fourth-order valence-corrected chi connectivity index (χ4v) is 2.19. The largest absolute Gasteiger partial charge is 0.340 e. The molecule has 0 radical (unpaired) electrons. The normalized spacial score (nSPS) is 18.7. The molecule has 0 spiro atoms. The first-order chi connectivity index (χ1) is 8.66. The van der Waals surface area contributed by atoms with Gasteiger partial charge < -0.3 is 15.5 Å². The second-order valence-corrected chi connectivity index (χ2v) is 4.91. The van der Waals surface area contributed by atoms with E-state index in [1.54, 1.807) is 0 Å². The second kappa shape index (κ2) is 5.98. The van der Waals surface area contributed by atoms with Gasteiger partial charge in [-0.05, 0) is 12.6 Å². The zero-order chi connectivity index (χ0) is 13.0. The Morgan fingerprint density at radius 3 is 2.44 bits per heavy atom. The molecule has 1 fully saturated rings. The molecular formula is C14H21N3O. The number of carbonyl (C=O) groups is 1. The molecule has 4 heteroatoms. The van der Waals surface area contributed by atoms with Gasteiger partial charge in [-0.1, -0.05) is 30.3 Å². The number of hydrogen-bond acceptors (Lipinski definition) is 3. The first-order valence-electron chi connectivity index (χ1n) is 6.43. The molecule has 1 aliphatic heterocycles. The van der Waals surface area contributed by atoms with Gasteiger partial charge in [-0.3, -0.25) is 4.79 Å². The zero-order valence-corrected chi connectivity index (χ0v) is 10.9. The third-order valence-electron chi connectivity index (χ3n) is 3.48. The molecule has 1 saturated heterocycles. The predicted octanol–water partition coefficient (Wildman–Crippen LogP) is 0.850. The van der Waals surface area contributed by atoms with E-state index in [2.05, 4.69) is 11.9 Å². The number of nitrogens with two attached hydrogens (primary N) is 1. The van der Waals surface area contributed by atoms with Crippen LogP contribution in [0.3, 0.4) is 0 Å². The Hall–Kier alpha value is -1.39. The Morgan fingerprint density at radius 1 is 1.22 bits per heavy atom. The van der Waals surface area contributed by atoms with Gasteiger partial charge in [-0.15, -0.1) is 0 Å². The summed E-state index contributed by atoms with van der Waals surface area (Å²) in [5.74, 6) is 0.166. The highest BCUT2D eigenvalue weighted by molar-refractivity contribution is 5.77. The number of piperazine rings is 1. The molecule has 18 heavy (non-hydrogen) atoms. The third-order valence-corrected chi connectivity index (χ3v) is 3.48. The van der Waals surface area contributed by atoms with Crippen LogP contribution < -0.4 is 5.73 Å². The zero-order valence-electron chi connectivity index (χ0n) is 10.9. The lowest BCUT2D eigenvalue weighted by molar-refractivity contribution is -0.133. The standard InChI is InChI=1S/C14H21N3O/c1-16-7-9-17(10-8-16)14(18)11-13(15)12-5-3-2-4-6-12/h2-6,13H,7-11,15H2,1H3/t13-/m1/s1. The van der Waals surface area contributed by atoms with Crippen molar-refractivity contribution in [3.63, 3.8) is 0 Å². The van der Waals surface area contributed by atoms with Crippen LogP contribution in [0.1, 0.15) is 18.0 Å². The van der Waals surface area contributed by atoms with Crippen LogP contribution in [-0.4, -0.2) is 48.9 Å². The summed E-state index contributed by atoms with van der Waals surface area (Å²) in [6.45, 7) is 3.53. The number of amides is 1. The smallest absolute Gasteiger partial charge is 0.224 e. The van der Waals surface area contributed by atoms with E-state index in [9.17, 15) is 4.79 Å². The fraction of sp³-hybridized carbons (Fsp3) is 0.500. The first-order valence-corrected chi connectivity index (χ1v) is 6.43. The van der Waals surface area contributed by atoms with Crippen molar-refractivity contribution in [3.05, 3.63) is 35.9 Å². The van der Waals surface area contributed by atoms with Gasteiger partial charge in [0.1, 0.15) is 0 Å². The molecule has 0 bridgehead atoms. The van der Waals surface area contributed by atoms with Gasteiger partial charge in [0.05, 0.1) is 0 Å². The summed E-state index contributed by atoms with van der Waals surface area (Å²) in [5, 5.41) is 0. The van der Waals surface area contributed by atoms with Crippen LogP contribution in [0.4, 0.5) is 0 Å². The summed E-state index contributed by atoms with van der Waals surface area (Å²) in [7, 11) is 2.08. The van der Waals surface area contributed by atoms with Crippen LogP contribution in [0.25, 0.3) is 0 Å². The molecule has 0 unspecified atom stereocenters. The quantitative estimate of drug-likeness (QED) is 0.861. The molecule has 1 atom stereocenters. The van der Waals surface area contributed by atoms with Crippen molar-refractivity contribution in [2.45, 2.75) is 12.5 Å². The maximum absolute atomic E-state index is 12.1. The molecule has 1 aromatic rings. The Labute approximate surface area is 108 Å². The van der Waals surface area contributed by atoms with Crippen LogP contribution in [0.5, 0.6) is 0 Å². The van der Waals surface area contributed by atoms with E-state index in [4.69, 9.17) is 5.73 Å². The van der Waals surface area contributed by atoms with E-state index in [0.717, 1.165) is 31.7 Å². The van der Waals surface area contributed by atoms with Gasteiger partial charge >= 0.3 is 0 Å². The average molecular weight is 247 g/mol. The van der Waals surface area contributed by atoms with Crippen molar-refractivity contribution < 1.29 is 4.79 Å². The summed E-state index contributed by atoms with van der Waals surface area (Å²) in [4.78, 5) is 16.3. The van der Waals surface area contributed by atoms with Crippen LogP contribution in [0.15, 0.2) is 30.3 Å². The van der Waals surface area contributed by atoms with Crippen LogP contribution in [-0.2, 0) is 4.79 Å². The number of hydrogen-bond donors (Lipinski definition) is 1. The van der Waals surface area contributed by atoms with Gasteiger partial charge in [-0.2, -0.15) is 0 Å². The van der Waals surface area contributed by atoms with Crippen molar-refractivity contribution in [1.82, 2.24) is 9.80 Å². The SMILES string of the molecule is CN1CCN(C(=O)C[C@@H](N)c2ccccc2)CC1. The molecular weight excluding hydrogens is 226 g/mol. The lowest BCUT2D eigenvalue weighted by Gasteiger charge is -2.33. The van der Waals surface area contributed by atoms with Crippen molar-refractivity contribution in [2.24, 2.45) is 5.73 Å². The highest BCUT2D eigenvalue weighted by atomic mass is 16.2. The number of benzene rings is 1. The number of carbonyl (C=O) groups excluding carboxylic acids is 1. The first kappa shape index (κ1) is 13.1. The second-order valence-electron chi connectivity index (χ2n) is 4.91. The van der Waals surface area contributed by atoms with Crippen LogP contribution in [0.2, 0.25) is 0 Å². The number of nitrogens with zero attached hydrogens (tertiary/aromatic N) is 2.